The number of hydrogen-bond acceptors (Lipinski definition) is 15. The average Bonchev–Trinajstić information content (AvgIpc) is 1.69. The fraction of sp³-hybridized carbons (Fsp3) is 0.431. The molecule has 4 aromatic carbocycles. The van der Waals surface area contributed by atoms with Gasteiger partial charge in [0.15, 0.2) is 0 Å². The number of ether oxygens (including phenoxy) is 1. The number of aromatic amines is 2. The van der Waals surface area contributed by atoms with Crippen LogP contribution < -0.4 is 53.0 Å². The number of nitrogens with one attached hydrogen (secondary N) is 10. The zero-order valence-electron chi connectivity index (χ0n) is 56.8. The number of aryl methyl sites for hydroxylation is 1. The number of thioether (sulfide) groups is 2. The molecule has 4 heterocycles. The molecule has 2 aromatic heterocycles. The van der Waals surface area contributed by atoms with Crippen LogP contribution in [0.2, 0.25) is 0 Å². The van der Waals surface area contributed by atoms with Crippen molar-refractivity contribution in [2.24, 2.45) is 5.73 Å². The third kappa shape index (κ3) is 20.5. The van der Waals surface area contributed by atoms with Gasteiger partial charge in [0, 0.05) is 97.2 Å². The van der Waals surface area contributed by atoms with Crippen LogP contribution in [0.15, 0.2) is 104 Å². The number of carbonyl (C=O) groups excluding carboxylic acids is 9. The molecule has 0 spiro atoms. The number of unbranched alkanes of at least 4 members (excludes halogenated alkanes) is 1. The molecule has 1 aliphatic carbocycles. The van der Waals surface area contributed by atoms with Gasteiger partial charge in [0.25, 0.3) is 0 Å². The van der Waals surface area contributed by atoms with Crippen LogP contribution in [0.3, 0.4) is 0 Å². The van der Waals surface area contributed by atoms with E-state index in [0.717, 1.165) is 16.7 Å². The lowest BCUT2D eigenvalue weighted by molar-refractivity contribution is -0.146. The molecule has 0 radical (unpaired) electrons. The van der Waals surface area contributed by atoms with Gasteiger partial charge in [-0.25, -0.2) is 13.8 Å². The Morgan fingerprint density at radius 1 is 0.723 bits per heavy atom. The number of allylic oxidation sites excluding steroid dienone is 1. The SMILES string of the molecule is COc1ccc(C[C@@H]2NC(=O)[C@H](Cc3cnc[nH]3)NC(=O)[C@H](CC(=O)O)NC(=O)[C@H](Cc3c[nH]c4ccc(F)cc34)NC(=O)[C@H](CC3=CCc4ccc(F)cc43)NC(=O)[C@@H](C)NC(=O)[C@H](CCCCN)NC(=O)CCSCc3cccc(c3)CSCCNC(=O)[C@]3(C)CCCN3C2=O)cc1C. The van der Waals surface area contributed by atoms with E-state index in [1.54, 1.807) is 49.0 Å². The van der Waals surface area contributed by atoms with Crippen molar-refractivity contribution in [1.29, 1.82) is 0 Å². The number of carbonyl (C=O) groups is 10. The Balaban J connectivity index is 1.06. The topological polar surface area (TPSA) is 370 Å². The van der Waals surface area contributed by atoms with Gasteiger partial charge in [-0.05, 0) is 147 Å². The minimum absolute atomic E-state index is 0.0601. The Hall–Kier alpha value is -9.61. The van der Waals surface area contributed by atoms with Crippen molar-refractivity contribution in [3.63, 3.8) is 0 Å². The third-order valence-corrected chi connectivity index (χ3v) is 20.3. The van der Waals surface area contributed by atoms with Gasteiger partial charge in [0.2, 0.25) is 53.2 Å². The summed E-state index contributed by atoms with van der Waals surface area (Å²) in [5.41, 5.74) is 10.5. The summed E-state index contributed by atoms with van der Waals surface area (Å²) in [4.78, 5) is 156. The van der Waals surface area contributed by atoms with E-state index in [1.165, 1.54) is 79.7 Å². The molecule has 538 valence electrons. The summed E-state index contributed by atoms with van der Waals surface area (Å²) in [5, 5.41) is 32.5. The van der Waals surface area contributed by atoms with Gasteiger partial charge in [-0.3, -0.25) is 47.9 Å². The summed E-state index contributed by atoms with van der Waals surface area (Å²) in [6.07, 6.45) is 5.99. The number of carboxylic acid groups (broad SMARTS) is 1. The summed E-state index contributed by atoms with van der Waals surface area (Å²) in [5.74, 6) is -7.35. The summed E-state index contributed by atoms with van der Waals surface area (Å²) >= 11 is 3.13. The average molecular weight is 1430 g/mol. The van der Waals surface area contributed by atoms with Crippen molar-refractivity contribution < 1.29 is 66.6 Å². The van der Waals surface area contributed by atoms with Crippen LogP contribution in [-0.4, -0.2) is 170 Å². The van der Waals surface area contributed by atoms with Gasteiger partial charge in [-0.2, -0.15) is 23.5 Å². The van der Waals surface area contributed by atoms with Crippen molar-refractivity contribution in [2.75, 3.05) is 38.2 Å². The number of hydrogen-bond donors (Lipinski definition) is 12. The second-order valence-electron chi connectivity index (χ2n) is 25.8. The molecule has 9 amide bonds. The highest BCUT2D eigenvalue weighted by molar-refractivity contribution is 7.98. The number of aromatic nitrogens is 3. The van der Waals surface area contributed by atoms with Crippen LogP contribution in [0, 0.1) is 18.6 Å². The van der Waals surface area contributed by atoms with Crippen molar-refractivity contribution >= 4 is 99.1 Å². The Morgan fingerprint density at radius 2 is 1.39 bits per heavy atom. The molecule has 1 fully saturated rings. The van der Waals surface area contributed by atoms with Crippen molar-refractivity contribution in [1.82, 2.24) is 62.4 Å². The lowest BCUT2D eigenvalue weighted by Gasteiger charge is -2.36. The highest BCUT2D eigenvalue weighted by atomic mass is 32.2. The molecular formula is C72H87F2N13O12S2. The molecule has 25 nitrogen and oxygen atoms in total. The normalized spacial score (nSPS) is 23.2. The summed E-state index contributed by atoms with van der Waals surface area (Å²) in [6.45, 7) is 5.60. The number of imidazole rings is 1. The molecule has 2 bridgehead atoms. The first kappa shape index (κ1) is 75.6. The van der Waals surface area contributed by atoms with Crippen LogP contribution >= 0.6 is 23.5 Å². The van der Waals surface area contributed by atoms with Gasteiger partial charge in [0.05, 0.1) is 19.9 Å². The minimum atomic E-state index is -2.00. The Morgan fingerprint density at radius 3 is 2.09 bits per heavy atom. The number of benzene rings is 4. The molecule has 29 heteroatoms. The first-order valence-electron chi connectivity index (χ1n) is 33.7. The van der Waals surface area contributed by atoms with E-state index < -0.39 is 131 Å². The van der Waals surface area contributed by atoms with Crippen molar-refractivity contribution in [3.8, 4) is 5.75 Å². The molecule has 6 aromatic rings. The molecule has 0 saturated carbocycles. The maximum Gasteiger partial charge on any atom is 0.305 e. The smallest absolute Gasteiger partial charge is 0.305 e. The first-order chi connectivity index (χ1) is 48.5. The number of amides is 9. The standard InChI is InChI=1S/C72H87F2N13O12S2/c1-41-27-43(12-19-61(41)99-4)29-60-70(97)87-24-8-21-72(87,3)71(98)77-23-26-101-39-45-10-7-9-44(28-45)38-100-25-20-62(88)81-55(11-5-6-22-75)65(92)80-42(2)64(91)82-56(30-47-14-13-46-15-16-49(73)32-52(46)47)66(93)83-57(31-48-36-78-54-18-17-50(74)33-53(48)54)67(94)85-59(35-63(89)90)69(96)84-58(68(95)86-60)34-51-37-76-40-79-51/h7,9-10,12,14-19,27-28,32-33,36-37,40,42,55-60,78H,5-6,8,11,13,20-26,29-31,34-35,38-39,75H2,1-4H3,(H,76,79)(H,77,98)(H,80,92)(H,81,88)(H,82,91)(H,83,93)(H,84,96)(H,85,94)(H,86,95)(H,89,90)/t42-,55+,56+,57+,58+,59+,60+,72+/m1/s1. The number of H-pyrrole nitrogens is 2. The van der Waals surface area contributed by atoms with E-state index in [9.17, 15) is 38.3 Å². The van der Waals surface area contributed by atoms with E-state index in [2.05, 4.69) is 63.6 Å². The zero-order valence-corrected chi connectivity index (χ0v) is 58.4. The predicted molar refractivity (Wildman–Crippen MR) is 378 cm³/mol. The monoisotopic (exact) mass is 1430 g/mol. The number of halogens is 2. The number of rotatable bonds is 15. The molecule has 8 atom stereocenters. The quantitative estimate of drug-likeness (QED) is 0.0624. The lowest BCUT2D eigenvalue weighted by Crippen LogP contribution is -2.62. The van der Waals surface area contributed by atoms with Crippen LogP contribution in [0.25, 0.3) is 16.5 Å². The van der Waals surface area contributed by atoms with Crippen molar-refractivity contribution in [2.45, 2.75) is 157 Å². The third-order valence-electron chi connectivity index (χ3n) is 18.2. The number of methoxy groups -OCH3 is 1. The van der Waals surface area contributed by atoms with Gasteiger partial charge in [-0.15, -0.1) is 0 Å². The number of nitrogens with zero attached hydrogens (tertiary/aromatic N) is 2. The van der Waals surface area contributed by atoms with Gasteiger partial charge in [0.1, 0.15) is 65.2 Å². The highest BCUT2D eigenvalue weighted by Gasteiger charge is 2.48. The van der Waals surface area contributed by atoms with Gasteiger partial charge < -0.3 is 73.0 Å². The maximum atomic E-state index is 15.3. The largest absolute Gasteiger partial charge is 0.496 e. The number of fused-ring (bicyclic) bond motifs is 5. The Kier molecular flexibility index (Phi) is 26.7. The second kappa shape index (κ2) is 35.6. The fourth-order valence-electron chi connectivity index (χ4n) is 12.8. The lowest BCUT2D eigenvalue weighted by atomic mass is 9.95. The second-order valence-corrected chi connectivity index (χ2v) is 28.0. The first-order valence-corrected chi connectivity index (χ1v) is 36.0. The Bertz CT molecular complexity index is 4040. The summed E-state index contributed by atoms with van der Waals surface area (Å²) < 4.78 is 35.5. The van der Waals surface area contributed by atoms with Crippen LogP contribution in [-0.2, 0) is 85.1 Å². The van der Waals surface area contributed by atoms with Crippen LogP contribution in [0.4, 0.5) is 8.78 Å². The summed E-state index contributed by atoms with van der Waals surface area (Å²) in [6, 6.07) is 10.5. The molecule has 9 rings (SSSR count). The Labute approximate surface area is 592 Å². The highest BCUT2D eigenvalue weighted by Crippen LogP contribution is 2.33. The van der Waals surface area contributed by atoms with Crippen LogP contribution in [0.1, 0.15) is 110 Å². The molecule has 1 saturated heterocycles. The van der Waals surface area contributed by atoms with E-state index >= 15 is 23.6 Å². The van der Waals surface area contributed by atoms with Gasteiger partial charge in [-0.1, -0.05) is 48.5 Å². The number of carboxylic acids is 1. The minimum Gasteiger partial charge on any atom is -0.496 e. The molecule has 101 heavy (non-hydrogen) atoms. The van der Waals surface area contributed by atoms with Gasteiger partial charge >= 0.3 is 5.97 Å². The van der Waals surface area contributed by atoms with E-state index in [-0.39, 0.29) is 56.1 Å². The number of aliphatic carboxylic acids is 1. The van der Waals surface area contributed by atoms with E-state index in [0.29, 0.717) is 101 Å². The predicted octanol–water partition coefficient (Wildman–Crippen LogP) is 4.63. The number of nitrogens with two attached hydrogens (primary N) is 1. The summed E-state index contributed by atoms with van der Waals surface area (Å²) in [7, 11) is 1.51. The molecule has 13 N–H and O–H groups in total. The van der Waals surface area contributed by atoms with Crippen molar-refractivity contribution in [3.05, 3.63) is 160 Å². The maximum absolute atomic E-state index is 15.3. The molecule has 0 unspecified atom stereocenters. The zero-order chi connectivity index (χ0) is 72.3. The molecular weight excluding hydrogens is 1340 g/mol. The van der Waals surface area contributed by atoms with E-state index in [4.69, 9.17) is 10.5 Å². The molecule has 2 aliphatic heterocycles. The molecule has 3 aliphatic rings. The van der Waals surface area contributed by atoms with E-state index in [1.807, 2.05) is 25.1 Å². The fourth-order valence-corrected chi connectivity index (χ4v) is 14.5. The van der Waals surface area contributed by atoms with Crippen LogP contribution in [0.5, 0.6) is 5.75 Å².